The Hall–Kier alpha value is -2.89. The molecule has 6 heteroatoms. The van der Waals surface area contributed by atoms with E-state index in [0.717, 1.165) is 16.3 Å². The van der Waals surface area contributed by atoms with E-state index in [9.17, 15) is 14.4 Å². The third-order valence-corrected chi connectivity index (χ3v) is 5.78. The Kier molecular flexibility index (Phi) is 7.44. The molecule has 1 amide bonds. The maximum absolute atomic E-state index is 13.2. The van der Waals surface area contributed by atoms with Crippen LogP contribution in [-0.2, 0) is 25.5 Å². The maximum Gasteiger partial charge on any atom is 0.409 e. The summed E-state index contributed by atoms with van der Waals surface area (Å²) in [6.45, 7) is 2.92. The van der Waals surface area contributed by atoms with Gasteiger partial charge in [-0.3, -0.25) is 9.59 Å². The van der Waals surface area contributed by atoms with Gasteiger partial charge in [0.2, 0.25) is 0 Å². The molecule has 0 bridgehead atoms. The standard InChI is InChI=1S/C24H29NO5/c1-3-30-23(27)21(22(26)19-12-14-25(15-13-19)24(28)29-2)11-9-17-8-10-18-6-4-5-7-20(18)16-17/h4-8,10,16,19,21H,3,9,11-15H2,1-2H3. The van der Waals surface area contributed by atoms with Gasteiger partial charge in [0.1, 0.15) is 11.7 Å². The van der Waals surface area contributed by atoms with E-state index in [4.69, 9.17) is 9.47 Å². The highest BCUT2D eigenvalue weighted by molar-refractivity contribution is 6.00. The number of fused-ring (bicyclic) bond motifs is 1. The van der Waals surface area contributed by atoms with Crippen LogP contribution in [0.15, 0.2) is 42.5 Å². The summed E-state index contributed by atoms with van der Waals surface area (Å²) in [4.78, 5) is 39.0. The van der Waals surface area contributed by atoms with Crippen LogP contribution in [0.1, 0.15) is 31.7 Å². The summed E-state index contributed by atoms with van der Waals surface area (Å²) in [5.41, 5.74) is 1.09. The molecule has 1 heterocycles. The van der Waals surface area contributed by atoms with Gasteiger partial charge in [-0.05, 0) is 48.9 Å². The van der Waals surface area contributed by atoms with Crippen molar-refractivity contribution in [3.8, 4) is 0 Å². The lowest BCUT2D eigenvalue weighted by Gasteiger charge is -2.31. The third-order valence-electron chi connectivity index (χ3n) is 5.78. The number of amides is 1. The molecular weight excluding hydrogens is 382 g/mol. The molecule has 2 aromatic carbocycles. The van der Waals surface area contributed by atoms with Gasteiger partial charge in [0, 0.05) is 19.0 Å². The van der Waals surface area contributed by atoms with Crippen LogP contribution in [0.4, 0.5) is 4.79 Å². The summed E-state index contributed by atoms with van der Waals surface area (Å²) in [5, 5.41) is 2.31. The Balaban J connectivity index is 1.67. The van der Waals surface area contributed by atoms with Crippen LogP contribution in [0.5, 0.6) is 0 Å². The molecule has 160 valence electrons. The molecule has 0 radical (unpaired) electrons. The number of methoxy groups -OCH3 is 1. The Morgan fingerprint density at radius 3 is 2.43 bits per heavy atom. The largest absolute Gasteiger partial charge is 0.465 e. The summed E-state index contributed by atoms with van der Waals surface area (Å²) >= 11 is 0. The lowest BCUT2D eigenvalue weighted by Crippen LogP contribution is -2.42. The predicted molar refractivity (Wildman–Crippen MR) is 114 cm³/mol. The van der Waals surface area contributed by atoms with Crippen LogP contribution in [0.3, 0.4) is 0 Å². The quantitative estimate of drug-likeness (QED) is 0.509. The Morgan fingerprint density at radius 2 is 1.77 bits per heavy atom. The molecule has 1 fully saturated rings. The number of esters is 1. The number of piperidine rings is 1. The van der Waals surface area contributed by atoms with E-state index in [1.807, 2.05) is 18.2 Å². The molecule has 2 aromatic rings. The highest BCUT2D eigenvalue weighted by atomic mass is 16.5. The number of benzene rings is 2. The molecule has 30 heavy (non-hydrogen) atoms. The van der Waals surface area contributed by atoms with Gasteiger partial charge in [-0.2, -0.15) is 0 Å². The molecule has 1 saturated heterocycles. The van der Waals surface area contributed by atoms with Crippen molar-refractivity contribution in [1.82, 2.24) is 4.90 Å². The average Bonchev–Trinajstić information content (AvgIpc) is 2.78. The maximum atomic E-state index is 13.2. The predicted octanol–water partition coefficient (Wildman–Crippen LogP) is 4.00. The van der Waals surface area contributed by atoms with Gasteiger partial charge in [0.15, 0.2) is 0 Å². The van der Waals surface area contributed by atoms with Gasteiger partial charge >= 0.3 is 12.1 Å². The molecule has 0 saturated carbocycles. The minimum absolute atomic E-state index is 0.0706. The molecular formula is C24H29NO5. The van der Waals surface area contributed by atoms with Crippen LogP contribution in [0.2, 0.25) is 0 Å². The highest BCUT2D eigenvalue weighted by Gasteiger charge is 2.35. The average molecular weight is 411 g/mol. The second kappa shape index (κ2) is 10.2. The van der Waals surface area contributed by atoms with Crippen molar-refractivity contribution in [1.29, 1.82) is 0 Å². The molecule has 0 aromatic heterocycles. The number of nitrogens with zero attached hydrogens (tertiary/aromatic N) is 1. The van der Waals surface area contributed by atoms with Crippen molar-refractivity contribution in [2.24, 2.45) is 11.8 Å². The molecule has 0 spiro atoms. The number of rotatable bonds is 7. The molecule has 1 atom stereocenters. The number of aryl methyl sites for hydroxylation is 1. The highest BCUT2D eigenvalue weighted by Crippen LogP contribution is 2.26. The van der Waals surface area contributed by atoms with Crippen LogP contribution in [-0.4, -0.2) is 49.6 Å². The van der Waals surface area contributed by atoms with Gasteiger partial charge in [-0.25, -0.2) is 4.79 Å². The SMILES string of the molecule is CCOC(=O)C(CCc1ccc2ccccc2c1)C(=O)C1CCN(C(=O)OC)CC1. The van der Waals surface area contributed by atoms with Crippen molar-refractivity contribution in [3.63, 3.8) is 0 Å². The topological polar surface area (TPSA) is 72.9 Å². The van der Waals surface area contributed by atoms with Crippen molar-refractivity contribution >= 4 is 28.6 Å². The lowest BCUT2D eigenvalue weighted by molar-refractivity contribution is -0.153. The van der Waals surface area contributed by atoms with Crippen LogP contribution >= 0.6 is 0 Å². The van der Waals surface area contributed by atoms with Crippen molar-refractivity contribution in [3.05, 3.63) is 48.0 Å². The van der Waals surface area contributed by atoms with Crippen LogP contribution in [0.25, 0.3) is 10.8 Å². The number of Topliss-reactive ketones (excluding diaryl/α,β-unsaturated/α-hetero) is 1. The normalized spacial score (nSPS) is 15.6. The fourth-order valence-electron chi connectivity index (χ4n) is 4.08. The first kappa shape index (κ1) is 21.8. The van der Waals surface area contributed by atoms with E-state index >= 15 is 0 Å². The Morgan fingerprint density at radius 1 is 1.07 bits per heavy atom. The molecule has 1 unspecified atom stereocenters. The van der Waals surface area contributed by atoms with E-state index in [2.05, 4.69) is 24.3 Å². The number of hydrogen-bond acceptors (Lipinski definition) is 5. The summed E-state index contributed by atoms with van der Waals surface area (Å²) < 4.78 is 9.96. The zero-order valence-electron chi connectivity index (χ0n) is 17.6. The number of hydrogen-bond donors (Lipinski definition) is 0. The second-order valence-corrected chi connectivity index (χ2v) is 7.66. The molecule has 1 aliphatic rings. The van der Waals surface area contributed by atoms with Crippen molar-refractivity contribution in [2.45, 2.75) is 32.6 Å². The minimum atomic E-state index is -0.772. The zero-order chi connectivity index (χ0) is 21.5. The Labute approximate surface area is 177 Å². The van der Waals surface area contributed by atoms with Crippen molar-refractivity contribution in [2.75, 3.05) is 26.8 Å². The summed E-state index contributed by atoms with van der Waals surface area (Å²) in [6, 6.07) is 14.3. The van der Waals surface area contributed by atoms with E-state index < -0.39 is 11.9 Å². The van der Waals surface area contributed by atoms with Gasteiger partial charge in [0.25, 0.3) is 0 Å². The lowest BCUT2D eigenvalue weighted by atomic mass is 9.83. The zero-order valence-corrected chi connectivity index (χ0v) is 17.6. The van der Waals surface area contributed by atoms with E-state index in [1.54, 1.807) is 11.8 Å². The van der Waals surface area contributed by atoms with E-state index in [0.29, 0.717) is 38.8 Å². The number of ketones is 1. The van der Waals surface area contributed by atoms with Gasteiger partial charge in [-0.15, -0.1) is 0 Å². The van der Waals surface area contributed by atoms with E-state index in [1.165, 1.54) is 7.11 Å². The van der Waals surface area contributed by atoms with Gasteiger partial charge in [-0.1, -0.05) is 42.5 Å². The third kappa shape index (κ3) is 5.17. The molecule has 6 nitrogen and oxygen atoms in total. The first-order valence-corrected chi connectivity index (χ1v) is 10.5. The van der Waals surface area contributed by atoms with Crippen molar-refractivity contribution < 1.29 is 23.9 Å². The molecule has 1 aliphatic heterocycles. The summed E-state index contributed by atoms with van der Waals surface area (Å²) in [7, 11) is 1.35. The summed E-state index contributed by atoms with van der Waals surface area (Å²) in [6.07, 6.45) is 1.76. The van der Waals surface area contributed by atoms with Crippen LogP contribution < -0.4 is 0 Å². The van der Waals surface area contributed by atoms with E-state index in [-0.39, 0.29) is 24.4 Å². The fourth-order valence-corrected chi connectivity index (χ4v) is 4.08. The smallest absolute Gasteiger partial charge is 0.409 e. The fraction of sp³-hybridized carbons (Fsp3) is 0.458. The number of ether oxygens (including phenoxy) is 2. The molecule has 0 N–H and O–H groups in total. The van der Waals surface area contributed by atoms with Gasteiger partial charge in [0.05, 0.1) is 13.7 Å². The monoisotopic (exact) mass is 411 g/mol. The van der Waals surface area contributed by atoms with Crippen LogP contribution in [0, 0.1) is 11.8 Å². The number of carbonyl (C=O) groups excluding carboxylic acids is 3. The van der Waals surface area contributed by atoms with Gasteiger partial charge < -0.3 is 14.4 Å². The minimum Gasteiger partial charge on any atom is -0.465 e. The number of likely N-dealkylation sites (tertiary alicyclic amines) is 1. The molecule has 0 aliphatic carbocycles. The molecule has 3 rings (SSSR count). The summed E-state index contributed by atoms with van der Waals surface area (Å²) in [5.74, 6) is -1.53. The Bertz CT molecular complexity index is 901. The second-order valence-electron chi connectivity index (χ2n) is 7.66. The first-order chi connectivity index (χ1) is 14.5. The number of carbonyl (C=O) groups is 3. The first-order valence-electron chi connectivity index (χ1n) is 10.5.